The van der Waals surface area contributed by atoms with Crippen molar-refractivity contribution in [2.45, 2.75) is 13.8 Å². The third-order valence-electron chi connectivity index (χ3n) is 1.34. The maximum absolute atomic E-state index is 11.3. The molecule has 0 rings (SSSR count). The van der Waals surface area contributed by atoms with Crippen LogP contribution in [0.25, 0.3) is 0 Å². The summed E-state index contributed by atoms with van der Waals surface area (Å²) in [6.45, 7) is 10.5. The van der Waals surface area contributed by atoms with Crippen LogP contribution >= 0.6 is 0 Å². The van der Waals surface area contributed by atoms with Gasteiger partial charge < -0.3 is 0 Å². The highest BCUT2D eigenvalue weighted by atomic mass is 16.2. The summed E-state index contributed by atoms with van der Waals surface area (Å²) in [4.78, 5) is 11.3. The third-order valence-corrected chi connectivity index (χ3v) is 1.34. The molecule has 0 aliphatic rings. The number of nitrogens with zero attached hydrogens (tertiary/aromatic N) is 1. The molecule has 0 saturated carbocycles. The maximum Gasteiger partial charge on any atom is 0.271 e. The number of carbonyl (C=O) groups is 1. The summed E-state index contributed by atoms with van der Waals surface area (Å²) in [6, 6.07) is 0. The van der Waals surface area contributed by atoms with E-state index >= 15 is 0 Å². The first kappa shape index (κ1) is 11.4. The van der Waals surface area contributed by atoms with E-state index in [1.807, 2.05) is 13.0 Å². The van der Waals surface area contributed by atoms with Gasteiger partial charge in [-0.05, 0) is 25.5 Å². The fraction of sp³-hybridized carbons (Fsp3) is 0.200. The van der Waals surface area contributed by atoms with Crippen molar-refractivity contribution in [3.63, 3.8) is 0 Å². The van der Waals surface area contributed by atoms with Crippen molar-refractivity contribution in [2.24, 2.45) is 5.10 Å². The number of nitrogens with one attached hydrogen (secondary N) is 1. The van der Waals surface area contributed by atoms with Crippen LogP contribution in [0.4, 0.5) is 0 Å². The average Bonchev–Trinajstić information content (AvgIpc) is 2.05. The van der Waals surface area contributed by atoms with Crippen LogP contribution in [0, 0.1) is 0 Å². The summed E-state index contributed by atoms with van der Waals surface area (Å²) < 4.78 is 0. The zero-order valence-electron chi connectivity index (χ0n) is 8.00. The average molecular weight is 178 g/mol. The molecule has 0 heterocycles. The minimum Gasteiger partial charge on any atom is -0.267 e. The molecule has 0 aliphatic carbocycles. The molecule has 0 aromatic carbocycles. The minimum absolute atomic E-state index is 0.291. The van der Waals surface area contributed by atoms with Gasteiger partial charge in [-0.2, -0.15) is 5.10 Å². The number of hydrogen-bond donors (Lipinski definition) is 1. The fourth-order valence-corrected chi connectivity index (χ4v) is 0.736. The molecule has 70 valence electrons. The Balaban J connectivity index is 4.70. The van der Waals surface area contributed by atoms with Gasteiger partial charge in [-0.3, -0.25) is 4.79 Å². The van der Waals surface area contributed by atoms with E-state index < -0.39 is 0 Å². The van der Waals surface area contributed by atoms with Gasteiger partial charge in [0.15, 0.2) is 0 Å². The number of hydrazone groups is 1. The number of rotatable bonds is 4. The van der Waals surface area contributed by atoms with E-state index in [2.05, 4.69) is 23.8 Å². The van der Waals surface area contributed by atoms with E-state index in [0.717, 1.165) is 0 Å². The summed E-state index contributed by atoms with van der Waals surface area (Å²) >= 11 is 0. The number of amides is 1. The van der Waals surface area contributed by atoms with Gasteiger partial charge in [0.05, 0.1) is 0 Å². The fourth-order valence-electron chi connectivity index (χ4n) is 0.736. The molecule has 0 saturated heterocycles. The highest BCUT2D eigenvalue weighted by Crippen LogP contribution is 2.06. The molecule has 0 atom stereocenters. The lowest BCUT2D eigenvalue weighted by Crippen LogP contribution is -2.19. The molecule has 1 amide bonds. The van der Waals surface area contributed by atoms with Gasteiger partial charge in [0.25, 0.3) is 5.91 Å². The van der Waals surface area contributed by atoms with E-state index in [-0.39, 0.29) is 5.91 Å². The van der Waals surface area contributed by atoms with Gasteiger partial charge in [-0.15, -0.1) is 0 Å². The summed E-state index contributed by atoms with van der Waals surface area (Å²) in [6.07, 6.45) is 5.28. The monoisotopic (exact) mass is 178 g/mol. The Morgan fingerprint density at radius 1 is 1.54 bits per heavy atom. The Kier molecular flexibility index (Phi) is 5.19. The highest BCUT2D eigenvalue weighted by Gasteiger charge is 2.07. The summed E-state index contributed by atoms with van der Waals surface area (Å²) in [5, 5.41) is 3.29. The lowest BCUT2D eigenvalue weighted by Gasteiger charge is -2.02. The Morgan fingerprint density at radius 2 is 2.15 bits per heavy atom. The van der Waals surface area contributed by atoms with Gasteiger partial charge >= 0.3 is 0 Å². The molecule has 0 bridgehead atoms. The first-order valence-electron chi connectivity index (χ1n) is 3.88. The van der Waals surface area contributed by atoms with E-state index in [1.54, 1.807) is 19.1 Å². The molecule has 0 radical (unpaired) electrons. The van der Waals surface area contributed by atoms with Crippen LogP contribution in [0.5, 0.6) is 0 Å². The highest BCUT2D eigenvalue weighted by molar-refractivity contribution is 5.97. The third kappa shape index (κ3) is 4.06. The maximum atomic E-state index is 11.3. The molecule has 0 unspecified atom stereocenters. The van der Waals surface area contributed by atoms with E-state index in [9.17, 15) is 4.79 Å². The molecular formula is C10H14N2O. The number of allylic oxidation sites excluding steroid dienone is 3. The summed E-state index contributed by atoms with van der Waals surface area (Å²) in [5.41, 5.74) is 3.45. The SMILES string of the molecule is C=NNC(=O)/C(=C/C=C\C)C(=C)C. The van der Waals surface area contributed by atoms with E-state index in [4.69, 9.17) is 0 Å². The molecule has 3 nitrogen and oxygen atoms in total. The molecule has 0 aliphatic heterocycles. The van der Waals surface area contributed by atoms with Gasteiger partial charge in [0, 0.05) is 12.3 Å². The topological polar surface area (TPSA) is 41.5 Å². The predicted molar refractivity (Wildman–Crippen MR) is 55.4 cm³/mol. The molecular weight excluding hydrogens is 164 g/mol. The molecule has 1 N–H and O–H groups in total. The van der Waals surface area contributed by atoms with Crippen LogP contribution in [-0.4, -0.2) is 12.6 Å². The van der Waals surface area contributed by atoms with Gasteiger partial charge in [0.1, 0.15) is 0 Å². The van der Waals surface area contributed by atoms with Crippen molar-refractivity contribution < 1.29 is 4.79 Å². The normalized spacial score (nSPS) is 11.4. The molecule has 13 heavy (non-hydrogen) atoms. The number of carbonyl (C=O) groups excluding carboxylic acids is 1. The predicted octanol–water partition coefficient (Wildman–Crippen LogP) is 1.80. The van der Waals surface area contributed by atoms with Crippen molar-refractivity contribution in [1.29, 1.82) is 0 Å². The second-order valence-corrected chi connectivity index (χ2v) is 2.49. The zero-order chi connectivity index (χ0) is 10.3. The van der Waals surface area contributed by atoms with Crippen LogP contribution in [0.15, 0.2) is 41.1 Å². The summed E-state index contributed by atoms with van der Waals surface area (Å²) in [7, 11) is 0. The smallest absolute Gasteiger partial charge is 0.267 e. The van der Waals surface area contributed by atoms with Gasteiger partial charge in [0.2, 0.25) is 0 Å². The lowest BCUT2D eigenvalue weighted by atomic mass is 10.1. The molecule has 0 fully saturated rings. The molecule has 0 spiro atoms. The Hall–Kier alpha value is -1.64. The van der Waals surface area contributed by atoms with Crippen LogP contribution in [-0.2, 0) is 4.79 Å². The number of hydrogen-bond acceptors (Lipinski definition) is 2. The molecule has 3 heteroatoms. The van der Waals surface area contributed by atoms with Gasteiger partial charge in [-0.25, -0.2) is 5.43 Å². The standard InChI is InChI=1S/C10H14N2O/c1-5-6-7-9(8(2)3)10(13)12-11-4/h5-7H,2,4H2,1,3H3,(H,12,13)/b6-5-,9-7+. The lowest BCUT2D eigenvalue weighted by molar-refractivity contribution is -0.117. The van der Waals surface area contributed by atoms with Crippen molar-refractivity contribution >= 4 is 12.6 Å². The Bertz CT molecular complexity index is 275. The second kappa shape index (κ2) is 5.94. The van der Waals surface area contributed by atoms with Crippen LogP contribution in [0.3, 0.4) is 0 Å². The van der Waals surface area contributed by atoms with Crippen molar-refractivity contribution in [3.05, 3.63) is 36.0 Å². The van der Waals surface area contributed by atoms with Crippen LogP contribution in [0.2, 0.25) is 0 Å². The Labute approximate surface area is 78.5 Å². The zero-order valence-corrected chi connectivity index (χ0v) is 8.00. The Morgan fingerprint density at radius 3 is 2.54 bits per heavy atom. The molecule has 0 aromatic heterocycles. The quantitative estimate of drug-likeness (QED) is 0.303. The van der Waals surface area contributed by atoms with Crippen molar-refractivity contribution in [2.75, 3.05) is 0 Å². The van der Waals surface area contributed by atoms with Gasteiger partial charge in [-0.1, -0.05) is 18.7 Å². The van der Waals surface area contributed by atoms with Crippen molar-refractivity contribution in [1.82, 2.24) is 5.43 Å². The van der Waals surface area contributed by atoms with Crippen LogP contribution in [0.1, 0.15) is 13.8 Å². The van der Waals surface area contributed by atoms with E-state index in [1.165, 1.54) is 0 Å². The van der Waals surface area contributed by atoms with Crippen LogP contribution < -0.4 is 5.43 Å². The molecule has 0 aromatic rings. The largest absolute Gasteiger partial charge is 0.271 e. The first-order chi connectivity index (χ1) is 6.13. The minimum atomic E-state index is -0.291. The van der Waals surface area contributed by atoms with Crippen molar-refractivity contribution in [3.8, 4) is 0 Å². The first-order valence-corrected chi connectivity index (χ1v) is 3.88. The second-order valence-electron chi connectivity index (χ2n) is 2.49. The van der Waals surface area contributed by atoms with E-state index in [0.29, 0.717) is 11.1 Å². The summed E-state index contributed by atoms with van der Waals surface area (Å²) in [5.74, 6) is -0.291.